The molecule has 1 unspecified atom stereocenters. The number of carbonyl (C=O) groups is 1. The van der Waals surface area contributed by atoms with Crippen molar-refractivity contribution in [3.63, 3.8) is 0 Å². The van der Waals surface area contributed by atoms with E-state index in [1.165, 1.54) is 11.3 Å². The van der Waals surface area contributed by atoms with Gasteiger partial charge in [-0.05, 0) is 61.9 Å². The van der Waals surface area contributed by atoms with Crippen molar-refractivity contribution in [2.24, 2.45) is 0 Å². The average molecular weight is 417 g/mol. The van der Waals surface area contributed by atoms with Crippen molar-refractivity contribution in [3.8, 4) is 22.1 Å². The summed E-state index contributed by atoms with van der Waals surface area (Å²) < 4.78 is 10.9. The molecule has 1 amide bonds. The summed E-state index contributed by atoms with van der Waals surface area (Å²) in [6, 6.07) is 13.0. The highest BCUT2D eigenvalue weighted by Gasteiger charge is 2.15. The molecule has 1 atom stereocenters. The van der Waals surface area contributed by atoms with Gasteiger partial charge in [-0.25, -0.2) is 4.98 Å². The Labute approximate surface area is 173 Å². The van der Waals surface area contributed by atoms with E-state index >= 15 is 0 Å². The summed E-state index contributed by atoms with van der Waals surface area (Å²) in [5.74, 6) is 1.21. The number of aryl methyl sites for hydroxylation is 1. The largest absolute Gasteiger partial charge is 0.497 e. The lowest BCUT2D eigenvalue weighted by atomic mass is 10.2. The Morgan fingerprint density at radius 3 is 2.61 bits per heavy atom. The molecule has 3 rings (SSSR count). The maximum absolute atomic E-state index is 12.3. The van der Waals surface area contributed by atoms with Crippen LogP contribution in [0.4, 0.5) is 0 Å². The fraction of sp³-hybridized carbons (Fsp3) is 0.238. The number of hydrogen-bond acceptors (Lipinski definition) is 5. The van der Waals surface area contributed by atoms with Gasteiger partial charge in [0, 0.05) is 16.0 Å². The minimum atomic E-state index is -0.625. The van der Waals surface area contributed by atoms with E-state index in [1.807, 2.05) is 42.6 Å². The second kappa shape index (κ2) is 9.08. The number of halogens is 1. The van der Waals surface area contributed by atoms with E-state index in [-0.39, 0.29) is 5.91 Å². The van der Waals surface area contributed by atoms with Gasteiger partial charge in [0.05, 0.1) is 19.3 Å². The molecule has 0 aliphatic carbocycles. The van der Waals surface area contributed by atoms with Crippen LogP contribution in [0.5, 0.6) is 11.5 Å². The Morgan fingerprint density at radius 1 is 1.21 bits per heavy atom. The van der Waals surface area contributed by atoms with E-state index in [4.69, 9.17) is 21.1 Å². The van der Waals surface area contributed by atoms with Crippen LogP contribution in [-0.4, -0.2) is 24.1 Å². The van der Waals surface area contributed by atoms with Crippen molar-refractivity contribution in [1.29, 1.82) is 0 Å². The molecule has 2 aromatic carbocycles. The number of benzene rings is 2. The van der Waals surface area contributed by atoms with E-state index in [1.54, 1.807) is 26.2 Å². The smallest absolute Gasteiger partial charge is 0.261 e. The van der Waals surface area contributed by atoms with Crippen molar-refractivity contribution in [3.05, 3.63) is 64.1 Å². The van der Waals surface area contributed by atoms with Crippen LogP contribution in [0.15, 0.2) is 47.8 Å². The van der Waals surface area contributed by atoms with Crippen LogP contribution in [-0.2, 0) is 11.3 Å². The zero-order valence-corrected chi connectivity index (χ0v) is 17.4. The molecule has 146 valence electrons. The van der Waals surface area contributed by atoms with Crippen molar-refractivity contribution < 1.29 is 14.3 Å². The first-order chi connectivity index (χ1) is 13.5. The number of nitrogens with zero attached hydrogens (tertiary/aromatic N) is 1. The maximum atomic E-state index is 12.3. The number of ether oxygens (including phenoxy) is 2. The Bertz CT molecular complexity index is 957. The number of amides is 1. The second-order valence-electron chi connectivity index (χ2n) is 6.26. The number of methoxy groups -OCH3 is 1. The number of aromatic nitrogens is 1. The van der Waals surface area contributed by atoms with Gasteiger partial charge in [-0.2, -0.15) is 0 Å². The SMILES string of the molecule is COc1ccc(-c2nc(CNC(=O)C(C)Oc3ccc(Cl)c(C)c3)cs2)cc1. The second-order valence-corrected chi connectivity index (χ2v) is 7.53. The molecule has 0 saturated heterocycles. The number of thiazole rings is 1. The zero-order valence-electron chi connectivity index (χ0n) is 15.9. The molecule has 5 nitrogen and oxygen atoms in total. The van der Waals surface area contributed by atoms with Crippen LogP contribution >= 0.6 is 22.9 Å². The monoisotopic (exact) mass is 416 g/mol. The number of hydrogen-bond donors (Lipinski definition) is 1. The zero-order chi connectivity index (χ0) is 20.1. The molecule has 0 aliphatic rings. The third-order valence-electron chi connectivity index (χ3n) is 4.14. The summed E-state index contributed by atoms with van der Waals surface area (Å²) in [5.41, 5.74) is 2.72. The minimum absolute atomic E-state index is 0.202. The first-order valence-corrected chi connectivity index (χ1v) is 10.0. The standard InChI is InChI=1S/C21H21ClN2O3S/c1-13-10-18(8-9-19(13)22)27-14(2)20(25)23-11-16-12-28-21(24-16)15-4-6-17(26-3)7-5-15/h4-10,12,14H,11H2,1-3H3,(H,23,25). The number of carbonyl (C=O) groups excluding carboxylic acids is 1. The highest BCUT2D eigenvalue weighted by atomic mass is 35.5. The molecule has 0 bridgehead atoms. The normalized spacial score (nSPS) is 11.7. The molecule has 1 aromatic heterocycles. The van der Waals surface area contributed by atoms with E-state index in [0.29, 0.717) is 17.3 Å². The van der Waals surface area contributed by atoms with Crippen molar-refractivity contribution in [1.82, 2.24) is 10.3 Å². The Hall–Kier alpha value is -2.57. The fourth-order valence-electron chi connectivity index (χ4n) is 2.52. The van der Waals surface area contributed by atoms with Crippen LogP contribution in [0.3, 0.4) is 0 Å². The van der Waals surface area contributed by atoms with Gasteiger partial charge < -0.3 is 14.8 Å². The molecule has 0 aliphatic heterocycles. The van der Waals surface area contributed by atoms with Crippen LogP contribution in [0.2, 0.25) is 5.02 Å². The summed E-state index contributed by atoms with van der Waals surface area (Å²) >= 11 is 7.55. The lowest BCUT2D eigenvalue weighted by Crippen LogP contribution is -2.36. The van der Waals surface area contributed by atoms with E-state index in [2.05, 4.69) is 10.3 Å². The Balaban J connectivity index is 1.55. The summed E-state index contributed by atoms with van der Waals surface area (Å²) in [6.07, 6.45) is -0.625. The average Bonchev–Trinajstić information content (AvgIpc) is 3.18. The highest BCUT2D eigenvalue weighted by Crippen LogP contribution is 2.26. The van der Waals surface area contributed by atoms with Gasteiger partial charge in [-0.15, -0.1) is 11.3 Å². The third kappa shape index (κ3) is 5.03. The predicted molar refractivity (Wildman–Crippen MR) is 112 cm³/mol. The summed E-state index contributed by atoms with van der Waals surface area (Å²) in [7, 11) is 1.64. The van der Waals surface area contributed by atoms with Gasteiger partial charge in [-0.1, -0.05) is 11.6 Å². The molecular formula is C21H21ClN2O3S. The summed E-state index contributed by atoms with van der Waals surface area (Å²) in [6.45, 7) is 3.95. The van der Waals surface area contributed by atoms with Gasteiger partial charge in [0.1, 0.15) is 16.5 Å². The molecular weight excluding hydrogens is 396 g/mol. The van der Waals surface area contributed by atoms with Crippen molar-refractivity contribution >= 4 is 28.8 Å². The molecule has 0 spiro atoms. The summed E-state index contributed by atoms with van der Waals surface area (Å²) in [4.78, 5) is 16.9. The number of rotatable bonds is 7. The van der Waals surface area contributed by atoms with Gasteiger partial charge in [0.15, 0.2) is 6.10 Å². The topological polar surface area (TPSA) is 60.5 Å². The van der Waals surface area contributed by atoms with Crippen molar-refractivity contribution in [2.75, 3.05) is 7.11 Å². The van der Waals surface area contributed by atoms with Gasteiger partial charge >= 0.3 is 0 Å². The molecule has 1 N–H and O–H groups in total. The first kappa shape index (κ1) is 20.2. The first-order valence-electron chi connectivity index (χ1n) is 8.75. The van der Waals surface area contributed by atoms with Crippen LogP contribution < -0.4 is 14.8 Å². The lowest BCUT2D eigenvalue weighted by Gasteiger charge is -2.15. The van der Waals surface area contributed by atoms with Gasteiger partial charge in [0.25, 0.3) is 5.91 Å². The Morgan fingerprint density at radius 2 is 1.93 bits per heavy atom. The Kier molecular flexibility index (Phi) is 6.54. The van der Waals surface area contributed by atoms with E-state index in [9.17, 15) is 4.79 Å². The fourth-order valence-corrected chi connectivity index (χ4v) is 3.47. The minimum Gasteiger partial charge on any atom is -0.497 e. The van der Waals surface area contributed by atoms with Gasteiger partial charge in [0.2, 0.25) is 0 Å². The van der Waals surface area contributed by atoms with Crippen LogP contribution in [0.25, 0.3) is 10.6 Å². The molecule has 0 fully saturated rings. The van der Waals surface area contributed by atoms with E-state index in [0.717, 1.165) is 27.6 Å². The number of nitrogens with one attached hydrogen (secondary N) is 1. The summed E-state index contributed by atoms with van der Waals surface area (Å²) in [5, 5.41) is 6.36. The maximum Gasteiger partial charge on any atom is 0.261 e. The predicted octanol–water partition coefficient (Wildman–Crippen LogP) is 4.86. The molecule has 28 heavy (non-hydrogen) atoms. The quantitative estimate of drug-likeness (QED) is 0.597. The lowest BCUT2D eigenvalue weighted by molar-refractivity contribution is -0.127. The van der Waals surface area contributed by atoms with Crippen LogP contribution in [0.1, 0.15) is 18.2 Å². The molecule has 3 aromatic rings. The van der Waals surface area contributed by atoms with Gasteiger partial charge in [-0.3, -0.25) is 4.79 Å². The van der Waals surface area contributed by atoms with Crippen molar-refractivity contribution in [2.45, 2.75) is 26.5 Å². The van der Waals surface area contributed by atoms with E-state index < -0.39 is 6.10 Å². The highest BCUT2D eigenvalue weighted by molar-refractivity contribution is 7.13. The molecule has 0 saturated carbocycles. The molecule has 0 radical (unpaired) electrons. The molecule has 1 heterocycles. The third-order valence-corrected chi connectivity index (χ3v) is 5.51. The molecule has 7 heteroatoms. The van der Waals surface area contributed by atoms with Crippen LogP contribution in [0, 0.1) is 6.92 Å².